The van der Waals surface area contributed by atoms with Crippen molar-refractivity contribution in [1.29, 1.82) is 0 Å². The Morgan fingerprint density at radius 1 is 1.03 bits per heavy atom. The van der Waals surface area contributed by atoms with Crippen LogP contribution in [-0.4, -0.2) is 39.8 Å². The first-order valence-electron chi connectivity index (χ1n) is 9.37. The van der Waals surface area contributed by atoms with Crippen molar-refractivity contribution in [3.05, 3.63) is 58.0 Å². The summed E-state index contributed by atoms with van der Waals surface area (Å²) in [7, 11) is 4.49. The van der Waals surface area contributed by atoms with Gasteiger partial charge < -0.3 is 18.9 Å². The minimum absolute atomic E-state index is 0.0330. The van der Waals surface area contributed by atoms with E-state index < -0.39 is 17.7 Å². The van der Waals surface area contributed by atoms with E-state index in [-0.39, 0.29) is 24.0 Å². The van der Waals surface area contributed by atoms with Gasteiger partial charge in [0.05, 0.1) is 43.3 Å². The number of carbonyl (C=O) groups excluding carboxylic acids is 2. The second kappa shape index (κ2) is 8.11. The zero-order valence-corrected chi connectivity index (χ0v) is 17.8. The van der Waals surface area contributed by atoms with E-state index >= 15 is 0 Å². The number of halogens is 2. The summed E-state index contributed by atoms with van der Waals surface area (Å²) in [6.45, 7) is -0.0823. The van der Waals surface area contributed by atoms with E-state index in [9.17, 15) is 14.0 Å². The van der Waals surface area contributed by atoms with Gasteiger partial charge in [0.25, 0.3) is 0 Å². The van der Waals surface area contributed by atoms with Crippen molar-refractivity contribution in [2.45, 2.75) is 12.3 Å². The van der Waals surface area contributed by atoms with Gasteiger partial charge in [0.2, 0.25) is 5.91 Å². The highest BCUT2D eigenvalue weighted by Crippen LogP contribution is 2.47. The highest BCUT2D eigenvalue weighted by molar-refractivity contribution is 6.31. The fourth-order valence-corrected chi connectivity index (χ4v) is 4.14. The zero-order valence-electron chi connectivity index (χ0n) is 17.0. The maximum absolute atomic E-state index is 13.6. The normalized spacial score (nSPS) is 18.1. The lowest BCUT2D eigenvalue weighted by Gasteiger charge is -2.32. The van der Waals surface area contributed by atoms with E-state index in [1.807, 2.05) is 0 Å². The number of rotatable bonds is 5. The summed E-state index contributed by atoms with van der Waals surface area (Å²) < 4.78 is 35.1. The summed E-state index contributed by atoms with van der Waals surface area (Å²) in [5, 5.41) is -0.124. The third kappa shape index (κ3) is 3.46. The number of hydrogen-bond acceptors (Lipinski definition) is 6. The Morgan fingerprint density at radius 2 is 1.71 bits per heavy atom. The van der Waals surface area contributed by atoms with Gasteiger partial charge in [-0.2, -0.15) is 0 Å². The largest absolute Gasteiger partial charge is 0.496 e. The van der Waals surface area contributed by atoms with E-state index in [1.54, 1.807) is 12.1 Å². The van der Waals surface area contributed by atoms with E-state index in [0.29, 0.717) is 39.8 Å². The highest BCUT2D eigenvalue weighted by atomic mass is 35.5. The molecule has 9 heteroatoms. The molecule has 1 amide bonds. The van der Waals surface area contributed by atoms with Gasteiger partial charge in [0, 0.05) is 24.0 Å². The van der Waals surface area contributed by atoms with Crippen LogP contribution in [0.3, 0.4) is 0 Å². The standard InChI is InChI=1S/C22H19ClFNO6/c1-28-17-9-19(30-3)18(29-2)7-12(17)13-8-20(26)25(16-10-31-22(27)21(13)16)11-4-5-15(24)14(23)6-11/h4-7,9,13H,8,10H2,1-3H3. The van der Waals surface area contributed by atoms with Crippen molar-refractivity contribution < 1.29 is 32.9 Å². The fraction of sp³-hybridized carbons (Fsp3) is 0.273. The van der Waals surface area contributed by atoms with Gasteiger partial charge >= 0.3 is 5.97 Å². The third-order valence-corrected chi connectivity index (χ3v) is 5.68. The Hall–Kier alpha value is -3.26. The van der Waals surface area contributed by atoms with E-state index in [2.05, 4.69) is 0 Å². The van der Waals surface area contributed by atoms with Crippen molar-refractivity contribution in [2.75, 3.05) is 32.8 Å². The summed E-state index contributed by atoms with van der Waals surface area (Å²) >= 11 is 5.91. The van der Waals surface area contributed by atoms with Crippen molar-refractivity contribution in [3.8, 4) is 17.2 Å². The molecule has 0 radical (unpaired) electrons. The molecule has 0 bridgehead atoms. The Morgan fingerprint density at radius 3 is 2.35 bits per heavy atom. The van der Waals surface area contributed by atoms with Crippen LogP contribution < -0.4 is 19.1 Å². The molecule has 2 aromatic carbocycles. The molecular formula is C22H19ClFNO6. The second-order valence-electron chi connectivity index (χ2n) is 6.97. The van der Waals surface area contributed by atoms with Crippen LogP contribution in [0.1, 0.15) is 17.9 Å². The van der Waals surface area contributed by atoms with Gasteiger partial charge in [0.15, 0.2) is 11.5 Å². The molecule has 0 saturated heterocycles. The third-order valence-electron chi connectivity index (χ3n) is 5.39. The Kier molecular flexibility index (Phi) is 5.49. The maximum atomic E-state index is 13.6. The molecule has 162 valence electrons. The molecule has 0 fully saturated rings. The number of anilines is 1. The molecule has 0 aromatic heterocycles. The molecule has 4 rings (SSSR count). The first-order chi connectivity index (χ1) is 14.9. The molecule has 7 nitrogen and oxygen atoms in total. The predicted molar refractivity (Wildman–Crippen MR) is 110 cm³/mol. The van der Waals surface area contributed by atoms with Gasteiger partial charge in [-0.25, -0.2) is 9.18 Å². The van der Waals surface area contributed by atoms with Gasteiger partial charge in [-0.3, -0.25) is 9.69 Å². The minimum Gasteiger partial charge on any atom is -0.496 e. The van der Waals surface area contributed by atoms with Crippen molar-refractivity contribution in [3.63, 3.8) is 0 Å². The average Bonchev–Trinajstić information content (AvgIpc) is 3.15. The van der Waals surface area contributed by atoms with E-state index in [4.69, 9.17) is 30.5 Å². The number of methoxy groups -OCH3 is 3. The first kappa shape index (κ1) is 21.0. The molecule has 0 spiro atoms. The Balaban J connectivity index is 1.87. The van der Waals surface area contributed by atoms with Gasteiger partial charge in [-0.1, -0.05) is 11.6 Å². The molecule has 1 atom stereocenters. The van der Waals surface area contributed by atoms with Crippen LogP contribution in [0.4, 0.5) is 10.1 Å². The van der Waals surface area contributed by atoms with Crippen LogP contribution >= 0.6 is 11.6 Å². The lowest BCUT2D eigenvalue weighted by Crippen LogP contribution is -2.37. The molecule has 2 aliphatic rings. The molecule has 1 unspecified atom stereocenters. The number of ether oxygens (including phenoxy) is 4. The lowest BCUT2D eigenvalue weighted by atomic mass is 9.83. The summed E-state index contributed by atoms with van der Waals surface area (Å²) in [5.74, 6) is -0.692. The molecule has 31 heavy (non-hydrogen) atoms. The van der Waals surface area contributed by atoms with Crippen LogP contribution in [0.25, 0.3) is 0 Å². The van der Waals surface area contributed by atoms with Crippen LogP contribution in [0.2, 0.25) is 5.02 Å². The number of benzene rings is 2. The van der Waals surface area contributed by atoms with Gasteiger partial charge in [-0.15, -0.1) is 0 Å². The number of amides is 1. The number of hydrogen-bond donors (Lipinski definition) is 0. The van der Waals surface area contributed by atoms with Crippen molar-refractivity contribution >= 4 is 29.2 Å². The second-order valence-corrected chi connectivity index (χ2v) is 7.38. The molecule has 2 heterocycles. The van der Waals surface area contributed by atoms with Gasteiger partial charge in [-0.05, 0) is 24.3 Å². The number of esters is 1. The molecule has 0 aliphatic carbocycles. The molecule has 0 N–H and O–H groups in total. The molecule has 2 aliphatic heterocycles. The number of cyclic esters (lactones) is 1. The molecular weight excluding hydrogens is 429 g/mol. The topological polar surface area (TPSA) is 74.3 Å². The number of carbonyl (C=O) groups is 2. The van der Waals surface area contributed by atoms with E-state index in [1.165, 1.54) is 44.4 Å². The van der Waals surface area contributed by atoms with Gasteiger partial charge in [0.1, 0.15) is 18.2 Å². The Bertz CT molecular complexity index is 1120. The van der Waals surface area contributed by atoms with Crippen molar-refractivity contribution in [1.82, 2.24) is 0 Å². The Labute approximate surface area is 182 Å². The van der Waals surface area contributed by atoms with Crippen LogP contribution in [0.15, 0.2) is 41.6 Å². The monoisotopic (exact) mass is 447 g/mol. The van der Waals surface area contributed by atoms with E-state index in [0.717, 1.165) is 0 Å². The van der Waals surface area contributed by atoms with Crippen LogP contribution in [0, 0.1) is 5.82 Å². The lowest BCUT2D eigenvalue weighted by molar-refractivity contribution is -0.136. The summed E-state index contributed by atoms with van der Waals surface area (Å²) in [6.07, 6.45) is -0.0330. The quantitative estimate of drug-likeness (QED) is 0.648. The summed E-state index contributed by atoms with van der Waals surface area (Å²) in [6, 6.07) is 7.29. The number of nitrogens with zero attached hydrogens (tertiary/aromatic N) is 1. The summed E-state index contributed by atoms with van der Waals surface area (Å²) in [4.78, 5) is 27.2. The highest BCUT2D eigenvalue weighted by Gasteiger charge is 2.44. The first-order valence-corrected chi connectivity index (χ1v) is 9.75. The molecule has 0 saturated carbocycles. The van der Waals surface area contributed by atoms with Crippen molar-refractivity contribution in [2.24, 2.45) is 0 Å². The summed E-state index contributed by atoms with van der Waals surface area (Å²) in [5.41, 5.74) is 1.69. The predicted octanol–water partition coefficient (Wildman–Crippen LogP) is 3.84. The SMILES string of the molecule is COc1cc(OC)c(C2CC(=O)N(c3ccc(F)c(Cl)c3)C3=C2C(=O)OC3)cc1OC. The van der Waals surface area contributed by atoms with Crippen LogP contribution in [0.5, 0.6) is 17.2 Å². The molecule has 2 aromatic rings. The fourth-order valence-electron chi connectivity index (χ4n) is 3.97. The minimum atomic E-state index is -0.612. The smallest absolute Gasteiger partial charge is 0.336 e. The average molecular weight is 448 g/mol. The van der Waals surface area contributed by atoms with Crippen LogP contribution in [-0.2, 0) is 14.3 Å². The zero-order chi connectivity index (χ0) is 22.3. The maximum Gasteiger partial charge on any atom is 0.336 e.